The van der Waals surface area contributed by atoms with Gasteiger partial charge in [-0.1, -0.05) is 31.3 Å². The third-order valence-corrected chi connectivity index (χ3v) is 7.93. The van der Waals surface area contributed by atoms with Gasteiger partial charge in [0.2, 0.25) is 0 Å². The Morgan fingerprint density at radius 2 is 2.11 bits per heavy atom. The summed E-state index contributed by atoms with van der Waals surface area (Å²) in [7, 11) is -1.68. The van der Waals surface area contributed by atoms with Gasteiger partial charge < -0.3 is 5.11 Å². The van der Waals surface area contributed by atoms with Gasteiger partial charge in [0.05, 0.1) is 17.3 Å². The summed E-state index contributed by atoms with van der Waals surface area (Å²) >= 11 is 0. The molecule has 0 aromatic heterocycles. The molecule has 0 amide bonds. The summed E-state index contributed by atoms with van der Waals surface area (Å²) in [5.41, 5.74) is 1.02. The average Bonchev–Trinajstić information content (AvgIpc) is 2.83. The number of carbonyl (C=O) groups excluding carboxylic acids is 1. The summed E-state index contributed by atoms with van der Waals surface area (Å²) in [4.78, 5) is 24.3. The van der Waals surface area contributed by atoms with Gasteiger partial charge in [-0.05, 0) is 24.8 Å². The molecule has 0 unspecified atom stereocenters. The van der Waals surface area contributed by atoms with E-state index in [1.807, 2.05) is 6.08 Å². The molecular weight excluding hydrogens is 244 g/mol. The highest BCUT2D eigenvalue weighted by molar-refractivity contribution is 6.78. The monoisotopic (exact) mass is 264 g/mol. The zero-order valence-corrected chi connectivity index (χ0v) is 12.2. The van der Waals surface area contributed by atoms with E-state index in [2.05, 4.69) is 19.6 Å². The van der Waals surface area contributed by atoms with Crippen molar-refractivity contribution in [3.05, 3.63) is 11.6 Å². The van der Waals surface area contributed by atoms with Crippen LogP contribution >= 0.6 is 0 Å². The fourth-order valence-corrected chi connectivity index (χ4v) is 8.29. The van der Waals surface area contributed by atoms with E-state index in [0.29, 0.717) is 0 Å². The number of allylic oxidation sites excluding steroid dienone is 2. The Labute approximate surface area is 108 Å². The fourth-order valence-electron chi connectivity index (χ4n) is 4.91. The molecule has 4 heteroatoms. The Kier molecular flexibility index (Phi) is 2.26. The number of Topliss-reactive ketones (excluding diaryl/α,β-unsaturated/α-hetero) is 1. The van der Waals surface area contributed by atoms with Crippen LogP contribution in [-0.4, -0.2) is 24.9 Å². The van der Waals surface area contributed by atoms with E-state index < -0.39 is 20.0 Å². The van der Waals surface area contributed by atoms with Gasteiger partial charge in [0.15, 0.2) is 5.78 Å². The third-order valence-electron chi connectivity index (χ3n) is 5.21. The Morgan fingerprint density at radius 3 is 2.67 bits per heavy atom. The highest BCUT2D eigenvalue weighted by Gasteiger charge is 2.70. The minimum absolute atomic E-state index is 0.0995. The van der Waals surface area contributed by atoms with E-state index in [-0.39, 0.29) is 22.7 Å². The first-order valence-electron chi connectivity index (χ1n) is 6.78. The number of carbonyl (C=O) groups is 2. The molecule has 3 nitrogen and oxygen atoms in total. The van der Waals surface area contributed by atoms with E-state index >= 15 is 0 Å². The summed E-state index contributed by atoms with van der Waals surface area (Å²) in [5, 5.41) is 9.54. The van der Waals surface area contributed by atoms with Crippen LogP contribution in [0.1, 0.15) is 19.3 Å². The van der Waals surface area contributed by atoms with E-state index in [0.717, 1.165) is 19.3 Å². The van der Waals surface area contributed by atoms with Gasteiger partial charge in [0, 0.05) is 8.07 Å². The van der Waals surface area contributed by atoms with E-state index in [1.165, 1.54) is 5.57 Å². The lowest BCUT2D eigenvalue weighted by atomic mass is 9.78. The molecule has 0 aromatic carbocycles. The van der Waals surface area contributed by atoms with E-state index in [9.17, 15) is 14.7 Å². The van der Waals surface area contributed by atoms with Crippen molar-refractivity contribution in [2.24, 2.45) is 17.3 Å². The molecule has 3 rings (SSSR count). The first-order valence-corrected chi connectivity index (χ1v) is 10.4. The maximum atomic E-state index is 12.6. The molecule has 1 spiro atoms. The molecule has 3 aliphatic carbocycles. The number of hydrogen-bond donors (Lipinski definition) is 1. The summed E-state index contributed by atoms with van der Waals surface area (Å²) in [6.45, 7) is 6.64. The number of fused-ring (bicyclic) bond motifs is 1. The van der Waals surface area contributed by atoms with Crippen molar-refractivity contribution in [3.63, 3.8) is 0 Å². The second kappa shape index (κ2) is 3.35. The Morgan fingerprint density at radius 1 is 1.44 bits per heavy atom. The number of ketones is 1. The predicted molar refractivity (Wildman–Crippen MR) is 71.1 cm³/mol. The molecule has 1 N–H and O–H groups in total. The lowest BCUT2D eigenvalue weighted by Gasteiger charge is -2.41. The lowest BCUT2D eigenvalue weighted by molar-refractivity contribution is -0.143. The van der Waals surface area contributed by atoms with Crippen molar-refractivity contribution in [3.8, 4) is 0 Å². The normalized spacial score (nSPS) is 42.1. The number of rotatable bonds is 2. The topological polar surface area (TPSA) is 54.4 Å². The molecule has 0 aromatic rings. The fraction of sp³-hybridized carbons (Fsp3) is 0.714. The highest BCUT2D eigenvalue weighted by atomic mass is 28.3. The first kappa shape index (κ1) is 12.1. The molecule has 2 bridgehead atoms. The van der Waals surface area contributed by atoms with Gasteiger partial charge in [-0.15, -0.1) is 0 Å². The smallest absolute Gasteiger partial charge is 0.307 e. The van der Waals surface area contributed by atoms with Gasteiger partial charge in [-0.2, -0.15) is 0 Å². The number of aliphatic carboxylic acids is 1. The lowest BCUT2D eigenvalue weighted by Crippen LogP contribution is -2.44. The second-order valence-electron chi connectivity index (χ2n) is 7.11. The van der Waals surface area contributed by atoms with Crippen LogP contribution in [0.15, 0.2) is 11.6 Å². The quantitative estimate of drug-likeness (QED) is 0.616. The summed E-state index contributed by atoms with van der Waals surface area (Å²) in [5.74, 6) is -1.31. The van der Waals surface area contributed by atoms with Crippen molar-refractivity contribution >= 4 is 19.8 Å². The molecular formula is C14H20O3Si. The van der Waals surface area contributed by atoms with E-state index in [1.54, 1.807) is 0 Å². The molecule has 2 saturated carbocycles. The van der Waals surface area contributed by atoms with Gasteiger partial charge in [0.25, 0.3) is 0 Å². The van der Waals surface area contributed by atoms with Crippen molar-refractivity contribution in [2.75, 3.05) is 0 Å². The van der Waals surface area contributed by atoms with Crippen LogP contribution in [0.3, 0.4) is 0 Å². The van der Waals surface area contributed by atoms with Crippen molar-refractivity contribution in [1.29, 1.82) is 0 Å². The molecule has 2 fully saturated rings. The van der Waals surface area contributed by atoms with Crippen molar-refractivity contribution in [2.45, 2.75) is 44.4 Å². The summed E-state index contributed by atoms with van der Waals surface area (Å²) < 4.78 is 0. The van der Waals surface area contributed by atoms with Crippen LogP contribution in [0.4, 0.5) is 0 Å². The average molecular weight is 264 g/mol. The van der Waals surface area contributed by atoms with Crippen molar-refractivity contribution < 1.29 is 14.7 Å². The molecule has 0 radical (unpaired) electrons. The van der Waals surface area contributed by atoms with Crippen LogP contribution in [0.2, 0.25) is 25.2 Å². The minimum Gasteiger partial charge on any atom is -0.481 e. The third kappa shape index (κ3) is 1.20. The van der Waals surface area contributed by atoms with Crippen molar-refractivity contribution in [1.82, 2.24) is 0 Å². The van der Waals surface area contributed by atoms with Gasteiger partial charge in [-0.3, -0.25) is 9.59 Å². The minimum atomic E-state index is -1.68. The largest absolute Gasteiger partial charge is 0.481 e. The molecule has 0 aliphatic heterocycles. The van der Waals surface area contributed by atoms with E-state index in [4.69, 9.17) is 0 Å². The molecule has 0 saturated heterocycles. The molecule has 98 valence electrons. The van der Waals surface area contributed by atoms with Crippen LogP contribution in [0, 0.1) is 17.3 Å². The molecule has 4 atom stereocenters. The van der Waals surface area contributed by atoms with Crippen LogP contribution in [0.25, 0.3) is 0 Å². The standard InChI is InChI=1S/C14H20O3Si/c1-18(2,3)12-10(13(16)17)9-7-8-5-4-6-14(8,12)11(9)15/h7,9-10,12H,4-6H2,1-3H3,(H,16,17)/t9-,10-,12-,14-/m1/s1. The second-order valence-corrected chi connectivity index (χ2v) is 12.5. The van der Waals surface area contributed by atoms with Crippen LogP contribution in [0.5, 0.6) is 0 Å². The predicted octanol–water partition coefficient (Wildman–Crippen LogP) is 2.70. The Balaban J connectivity index is 2.18. The number of carboxylic acids is 1. The Bertz CT molecular complexity index is 474. The number of hydrogen-bond acceptors (Lipinski definition) is 2. The van der Waals surface area contributed by atoms with Gasteiger partial charge in [-0.25, -0.2) is 0 Å². The van der Waals surface area contributed by atoms with Crippen LogP contribution < -0.4 is 0 Å². The molecule has 3 aliphatic rings. The first-order chi connectivity index (χ1) is 8.30. The maximum Gasteiger partial charge on any atom is 0.307 e. The van der Waals surface area contributed by atoms with Gasteiger partial charge >= 0.3 is 5.97 Å². The summed E-state index contributed by atoms with van der Waals surface area (Å²) in [6, 6.07) is 0. The van der Waals surface area contributed by atoms with Crippen LogP contribution in [-0.2, 0) is 9.59 Å². The zero-order chi connectivity index (χ0) is 13.3. The zero-order valence-electron chi connectivity index (χ0n) is 11.2. The molecule has 18 heavy (non-hydrogen) atoms. The SMILES string of the molecule is C[Si](C)(C)[C@@H]1[C@H](C(=O)O)[C@H]2C=C3CCC[C@]31C2=O. The Hall–Kier alpha value is -0.903. The number of carboxylic acid groups (broad SMARTS) is 1. The maximum absolute atomic E-state index is 12.6. The van der Waals surface area contributed by atoms with Gasteiger partial charge in [0.1, 0.15) is 0 Å². The molecule has 0 heterocycles. The summed E-state index contributed by atoms with van der Waals surface area (Å²) in [6.07, 6.45) is 4.96. The highest BCUT2D eigenvalue weighted by Crippen LogP contribution is 2.69.